The van der Waals surface area contributed by atoms with Crippen molar-refractivity contribution in [2.24, 2.45) is 0 Å². The second-order valence-corrected chi connectivity index (χ2v) is 10.3. The number of likely N-dealkylation sites (N-methyl/N-ethyl adjacent to an activating group) is 2. The molecule has 1 fully saturated rings. The van der Waals surface area contributed by atoms with Gasteiger partial charge in [-0.3, -0.25) is 24.6 Å². The maximum absolute atomic E-state index is 13.2. The number of nitrogens with zero attached hydrogens (tertiary/aromatic N) is 4. The highest BCUT2D eigenvalue weighted by Gasteiger charge is 2.32. The van der Waals surface area contributed by atoms with Gasteiger partial charge >= 0.3 is 0 Å². The predicted molar refractivity (Wildman–Crippen MR) is 157 cm³/mol. The molecule has 2 aliphatic rings. The number of piperazine rings is 1. The van der Waals surface area contributed by atoms with Crippen molar-refractivity contribution in [3.05, 3.63) is 93.0 Å². The van der Waals surface area contributed by atoms with Crippen LogP contribution in [-0.2, 0) is 9.59 Å². The van der Waals surface area contributed by atoms with E-state index in [1.54, 1.807) is 11.9 Å². The van der Waals surface area contributed by atoms with Crippen LogP contribution >= 0.6 is 11.6 Å². The lowest BCUT2D eigenvalue weighted by Crippen LogP contribution is -2.48. The van der Waals surface area contributed by atoms with E-state index in [0.29, 0.717) is 29.2 Å². The first-order chi connectivity index (χ1) is 19.2. The fourth-order valence-corrected chi connectivity index (χ4v) is 5.04. The molecular formula is C29H29ClN6O4. The molecule has 0 radical (unpaired) electrons. The van der Waals surface area contributed by atoms with E-state index in [2.05, 4.69) is 27.5 Å². The Morgan fingerprint density at radius 2 is 1.75 bits per heavy atom. The Labute approximate surface area is 237 Å². The molecule has 1 saturated heterocycles. The molecule has 0 saturated carbocycles. The number of nitrogens with one attached hydrogen (secondary N) is 2. The molecule has 3 aromatic rings. The van der Waals surface area contributed by atoms with Gasteiger partial charge in [0.1, 0.15) is 5.02 Å². The number of halogens is 1. The second-order valence-electron chi connectivity index (χ2n) is 9.88. The zero-order valence-corrected chi connectivity index (χ0v) is 22.9. The number of benzene rings is 3. The smallest absolute Gasteiger partial charge is 0.288 e. The first kappa shape index (κ1) is 27.3. The lowest BCUT2D eigenvalue weighted by molar-refractivity contribution is -0.384. The zero-order valence-electron chi connectivity index (χ0n) is 22.2. The Morgan fingerprint density at radius 3 is 2.40 bits per heavy atom. The van der Waals surface area contributed by atoms with E-state index in [9.17, 15) is 19.7 Å². The number of hydrogen-bond donors (Lipinski definition) is 2. The average molecular weight is 561 g/mol. The van der Waals surface area contributed by atoms with E-state index < -0.39 is 10.8 Å². The Morgan fingerprint density at radius 1 is 1.07 bits per heavy atom. The summed E-state index contributed by atoms with van der Waals surface area (Å²) < 4.78 is 0. The first-order valence-electron chi connectivity index (χ1n) is 12.8. The van der Waals surface area contributed by atoms with Gasteiger partial charge in [-0.15, -0.1) is 0 Å². The topological polar surface area (TPSA) is 111 Å². The number of nitro benzene ring substituents is 1. The van der Waals surface area contributed by atoms with Gasteiger partial charge in [-0.2, -0.15) is 0 Å². The Hall–Kier alpha value is -4.25. The normalized spacial score (nSPS) is 16.7. The van der Waals surface area contributed by atoms with Crippen LogP contribution in [0.25, 0.3) is 11.3 Å². The summed E-state index contributed by atoms with van der Waals surface area (Å²) in [6, 6.07) is 19.3. The summed E-state index contributed by atoms with van der Waals surface area (Å²) in [6.45, 7) is 3.97. The van der Waals surface area contributed by atoms with Gasteiger partial charge in [0.2, 0.25) is 5.91 Å². The van der Waals surface area contributed by atoms with Crippen molar-refractivity contribution in [3.63, 3.8) is 0 Å². The highest BCUT2D eigenvalue weighted by Crippen LogP contribution is 2.42. The van der Waals surface area contributed by atoms with Crippen LogP contribution in [0.15, 0.2) is 66.7 Å². The predicted octanol–water partition coefficient (Wildman–Crippen LogP) is 4.39. The molecule has 10 nitrogen and oxygen atoms in total. The van der Waals surface area contributed by atoms with E-state index in [4.69, 9.17) is 11.6 Å². The Bertz CT molecular complexity index is 1480. The van der Waals surface area contributed by atoms with Gasteiger partial charge in [-0.25, -0.2) is 0 Å². The summed E-state index contributed by atoms with van der Waals surface area (Å²) in [4.78, 5) is 43.1. The fraction of sp³-hybridized carbons (Fsp3) is 0.241. The van der Waals surface area contributed by atoms with E-state index in [1.807, 2.05) is 54.6 Å². The number of fused-ring (bicyclic) bond motifs is 1. The van der Waals surface area contributed by atoms with Crippen LogP contribution in [0, 0.1) is 10.1 Å². The fourth-order valence-electron chi connectivity index (χ4n) is 4.81. The summed E-state index contributed by atoms with van der Waals surface area (Å²) in [5.74, 6) is -0.388. The summed E-state index contributed by atoms with van der Waals surface area (Å²) in [7, 11) is 3.84. The van der Waals surface area contributed by atoms with Crippen LogP contribution in [0.5, 0.6) is 0 Å². The molecule has 0 spiro atoms. The van der Waals surface area contributed by atoms with Gasteiger partial charge in [0.05, 0.1) is 28.4 Å². The third-order valence-corrected chi connectivity index (χ3v) is 7.50. The standard InChI is InChI=1S/C29H29ClN6O4/c1-33-12-14-35(15-13-33)18-26(37)34(2)21-10-8-20(9-11-21)31-28(19-6-4-3-5-7-19)27-22-16-25(36(39)40)23(30)17-24(22)32-29(27)38/h3-11,16-17,31H,12-15,18H2,1-2H3,(H,32,38). The largest absolute Gasteiger partial charge is 0.354 e. The molecule has 206 valence electrons. The van der Waals surface area contributed by atoms with Crippen LogP contribution in [0.2, 0.25) is 5.02 Å². The van der Waals surface area contributed by atoms with Gasteiger partial charge in [-0.05, 0) is 42.9 Å². The highest BCUT2D eigenvalue weighted by atomic mass is 35.5. The Kier molecular flexibility index (Phi) is 7.83. The van der Waals surface area contributed by atoms with Crippen molar-refractivity contribution in [2.75, 3.05) is 62.4 Å². The van der Waals surface area contributed by atoms with Crippen LogP contribution in [0.3, 0.4) is 0 Å². The zero-order chi connectivity index (χ0) is 28.4. The molecule has 40 heavy (non-hydrogen) atoms. The molecule has 3 aromatic carbocycles. The molecule has 0 aromatic heterocycles. The minimum atomic E-state index is -0.571. The van der Waals surface area contributed by atoms with Crippen molar-refractivity contribution in [3.8, 4) is 0 Å². The third-order valence-electron chi connectivity index (χ3n) is 7.19. The number of nitro groups is 1. The number of carbonyl (C=O) groups excluding carboxylic acids is 2. The van der Waals surface area contributed by atoms with Crippen molar-refractivity contribution < 1.29 is 14.5 Å². The summed E-state index contributed by atoms with van der Waals surface area (Å²) in [6.07, 6.45) is 0. The second kappa shape index (κ2) is 11.5. The molecule has 2 heterocycles. The van der Waals surface area contributed by atoms with Crippen LogP contribution in [-0.4, -0.2) is 73.4 Å². The van der Waals surface area contributed by atoms with Crippen molar-refractivity contribution >= 4 is 57.4 Å². The molecule has 2 aliphatic heterocycles. The molecular weight excluding hydrogens is 532 g/mol. The highest BCUT2D eigenvalue weighted by molar-refractivity contribution is 6.39. The number of rotatable bonds is 7. The van der Waals surface area contributed by atoms with Crippen LogP contribution in [0.1, 0.15) is 11.1 Å². The maximum atomic E-state index is 13.2. The number of hydrogen-bond acceptors (Lipinski definition) is 7. The molecule has 0 atom stereocenters. The third kappa shape index (κ3) is 5.69. The number of carbonyl (C=O) groups is 2. The molecule has 0 aliphatic carbocycles. The minimum absolute atomic E-state index is 0.0110. The van der Waals surface area contributed by atoms with Crippen LogP contribution in [0.4, 0.5) is 22.7 Å². The SMILES string of the molecule is CN1CCN(CC(=O)N(C)c2ccc(NC(=C3C(=O)Nc4cc(Cl)c([N+](=O)[O-])cc43)c3ccccc3)cc2)CC1. The average Bonchev–Trinajstić information content (AvgIpc) is 3.26. The lowest BCUT2D eigenvalue weighted by atomic mass is 9.99. The molecule has 11 heteroatoms. The van der Waals surface area contributed by atoms with Gasteiger partial charge in [0.25, 0.3) is 11.6 Å². The van der Waals surface area contributed by atoms with E-state index in [1.165, 1.54) is 12.1 Å². The van der Waals surface area contributed by atoms with Gasteiger partial charge in [-0.1, -0.05) is 41.9 Å². The van der Waals surface area contributed by atoms with E-state index >= 15 is 0 Å². The van der Waals surface area contributed by atoms with E-state index in [-0.39, 0.29) is 22.2 Å². The molecule has 2 N–H and O–H groups in total. The lowest BCUT2D eigenvalue weighted by Gasteiger charge is -2.32. The molecule has 0 unspecified atom stereocenters. The van der Waals surface area contributed by atoms with Crippen LogP contribution < -0.4 is 15.5 Å². The number of anilines is 3. The number of amides is 2. The quantitative estimate of drug-likeness (QED) is 0.250. The summed E-state index contributed by atoms with van der Waals surface area (Å²) in [5, 5.41) is 17.6. The van der Waals surface area contributed by atoms with Crippen molar-refractivity contribution in [2.45, 2.75) is 0 Å². The monoisotopic (exact) mass is 560 g/mol. The van der Waals surface area contributed by atoms with Gasteiger partial charge in [0, 0.05) is 56.2 Å². The molecule has 5 rings (SSSR count). The van der Waals surface area contributed by atoms with Crippen molar-refractivity contribution in [1.82, 2.24) is 9.80 Å². The summed E-state index contributed by atoms with van der Waals surface area (Å²) >= 11 is 6.09. The maximum Gasteiger partial charge on any atom is 0.288 e. The Balaban J connectivity index is 1.43. The van der Waals surface area contributed by atoms with Crippen molar-refractivity contribution in [1.29, 1.82) is 0 Å². The van der Waals surface area contributed by atoms with E-state index in [0.717, 1.165) is 37.4 Å². The minimum Gasteiger partial charge on any atom is -0.354 e. The molecule has 0 bridgehead atoms. The van der Waals surface area contributed by atoms with Gasteiger partial charge < -0.3 is 20.4 Å². The van der Waals surface area contributed by atoms with Gasteiger partial charge in [0.15, 0.2) is 0 Å². The summed E-state index contributed by atoms with van der Waals surface area (Å²) in [5.41, 5.74) is 3.41. The first-order valence-corrected chi connectivity index (χ1v) is 13.2. The molecule has 2 amide bonds.